The summed E-state index contributed by atoms with van der Waals surface area (Å²) in [5.74, 6) is 1.04. The van der Waals surface area contributed by atoms with E-state index in [1.54, 1.807) is 0 Å². The highest BCUT2D eigenvalue weighted by Gasteiger charge is 2.25. The van der Waals surface area contributed by atoms with E-state index in [9.17, 15) is 4.79 Å². The number of carbonyl (C=O) groups excluding carboxylic acids is 1. The van der Waals surface area contributed by atoms with Crippen LogP contribution in [0.15, 0.2) is 18.2 Å². The third kappa shape index (κ3) is 5.05. The Morgan fingerprint density at radius 1 is 1.17 bits per heavy atom. The molecule has 1 heterocycles. The first-order valence-corrected chi connectivity index (χ1v) is 8.93. The molecular formula is C19H29N3O. The summed E-state index contributed by atoms with van der Waals surface area (Å²) in [4.78, 5) is 14.6. The predicted molar refractivity (Wildman–Crippen MR) is 94.7 cm³/mol. The van der Waals surface area contributed by atoms with Crippen molar-refractivity contribution in [3.63, 3.8) is 0 Å². The molecule has 2 fully saturated rings. The smallest absolute Gasteiger partial charge is 0.238 e. The molecule has 1 saturated carbocycles. The van der Waals surface area contributed by atoms with Crippen LogP contribution in [0.4, 0.5) is 5.69 Å². The number of benzene rings is 1. The normalized spacial score (nSPS) is 19.7. The van der Waals surface area contributed by atoms with Crippen LogP contribution in [0.1, 0.15) is 36.8 Å². The van der Waals surface area contributed by atoms with Crippen LogP contribution in [0, 0.1) is 19.8 Å². The molecule has 2 N–H and O–H groups in total. The number of likely N-dealkylation sites (tertiary alicyclic amines) is 1. The Morgan fingerprint density at radius 3 is 2.61 bits per heavy atom. The molecule has 126 valence electrons. The van der Waals surface area contributed by atoms with Gasteiger partial charge in [0.15, 0.2) is 0 Å². The number of piperidine rings is 1. The first-order chi connectivity index (χ1) is 11.1. The number of carbonyl (C=O) groups is 1. The minimum Gasteiger partial charge on any atom is -0.325 e. The first kappa shape index (κ1) is 16.5. The third-order valence-corrected chi connectivity index (χ3v) is 5.01. The Balaban J connectivity index is 1.41. The van der Waals surface area contributed by atoms with Crippen molar-refractivity contribution in [3.8, 4) is 0 Å². The monoisotopic (exact) mass is 315 g/mol. The van der Waals surface area contributed by atoms with Crippen LogP contribution in [0.3, 0.4) is 0 Å². The van der Waals surface area contributed by atoms with Crippen molar-refractivity contribution in [2.24, 2.45) is 5.92 Å². The van der Waals surface area contributed by atoms with Gasteiger partial charge in [-0.25, -0.2) is 0 Å². The number of nitrogens with one attached hydrogen (secondary N) is 2. The van der Waals surface area contributed by atoms with Gasteiger partial charge in [0.25, 0.3) is 0 Å². The van der Waals surface area contributed by atoms with Crippen molar-refractivity contribution in [2.45, 2.75) is 45.6 Å². The molecule has 0 radical (unpaired) electrons. The molecule has 23 heavy (non-hydrogen) atoms. The number of aryl methyl sites for hydroxylation is 2. The molecule has 1 aromatic rings. The SMILES string of the molecule is Cc1ccc(C)c(NC(=O)CN2CCC(NCC3CC3)CC2)c1. The first-order valence-electron chi connectivity index (χ1n) is 8.93. The zero-order chi connectivity index (χ0) is 16.2. The van der Waals surface area contributed by atoms with E-state index < -0.39 is 0 Å². The molecule has 0 spiro atoms. The molecule has 1 aliphatic carbocycles. The topological polar surface area (TPSA) is 44.4 Å². The molecule has 1 amide bonds. The summed E-state index contributed by atoms with van der Waals surface area (Å²) in [7, 11) is 0. The summed E-state index contributed by atoms with van der Waals surface area (Å²) >= 11 is 0. The van der Waals surface area contributed by atoms with Gasteiger partial charge in [-0.15, -0.1) is 0 Å². The van der Waals surface area contributed by atoms with E-state index in [0.717, 1.165) is 43.1 Å². The van der Waals surface area contributed by atoms with Crippen LogP contribution in [-0.2, 0) is 4.79 Å². The Hall–Kier alpha value is -1.39. The van der Waals surface area contributed by atoms with Gasteiger partial charge in [0.05, 0.1) is 6.54 Å². The molecular weight excluding hydrogens is 286 g/mol. The number of hydrogen-bond acceptors (Lipinski definition) is 3. The Bertz CT molecular complexity index is 546. The van der Waals surface area contributed by atoms with Gasteiger partial charge >= 0.3 is 0 Å². The number of hydrogen-bond donors (Lipinski definition) is 2. The van der Waals surface area contributed by atoms with Crippen LogP contribution in [-0.4, -0.2) is 43.0 Å². The van der Waals surface area contributed by atoms with E-state index in [1.165, 1.54) is 24.9 Å². The molecule has 1 aliphatic heterocycles. The van der Waals surface area contributed by atoms with Gasteiger partial charge in [0.2, 0.25) is 5.91 Å². The maximum atomic E-state index is 12.3. The maximum Gasteiger partial charge on any atom is 0.238 e. The average molecular weight is 315 g/mol. The lowest BCUT2D eigenvalue weighted by Gasteiger charge is -2.32. The Labute approximate surface area is 139 Å². The quantitative estimate of drug-likeness (QED) is 0.848. The van der Waals surface area contributed by atoms with Gasteiger partial charge < -0.3 is 10.6 Å². The van der Waals surface area contributed by atoms with E-state index in [1.807, 2.05) is 13.0 Å². The summed E-state index contributed by atoms with van der Waals surface area (Å²) in [5.41, 5.74) is 3.23. The fourth-order valence-electron chi connectivity index (χ4n) is 3.21. The zero-order valence-corrected chi connectivity index (χ0v) is 14.4. The molecule has 0 bridgehead atoms. The van der Waals surface area contributed by atoms with Gasteiger partial charge in [-0.3, -0.25) is 9.69 Å². The highest BCUT2D eigenvalue weighted by Crippen LogP contribution is 2.28. The van der Waals surface area contributed by atoms with Gasteiger partial charge in [-0.1, -0.05) is 12.1 Å². The van der Waals surface area contributed by atoms with Crippen LogP contribution in [0.5, 0.6) is 0 Å². The largest absolute Gasteiger partial charge is 0.325 e. The second kappa shape index (κ2) is 7.45. The minimum absolute atomic E-state index is 0.100. The van der Waals surface area contributed by atoms with Gasteiger partial charge in [-0.05, 0) is 69.2 Å². The lowest BCUT2D eigenvalue weighted by molar-refractivity contribution is -0.117. The molecule has 2 aliphatic rings. The van der Waals surface area contributed by atoms with Crippen molar-refractivity contribution in [1.29, 1.82) is 0 Å². The molecule has 0 unspecified atom stereocenters. The number of anilines is 1. The molecule has 1 saturated heterocycles. The summed E-state index contributed by atoms with van der Waals surface area (Å²) in [6.07, 6.45) is 5.13. The van der Waals surface area contributed by atoms with Crippen molar-refractivity contribution >= 4 is 11.6 Å². The summed E-state index contributed by atoms with van der Waals surface area (Å²) in [5, 5.41) is 6.75. The Morgan fingerprint density at radius 2 is 1.91 bits per heavy atom. The van der Waals surface area contributed by atoms with E-state index >= 15 is 0 Å². The lowest BCUT2D eigenvalue weighted by Crippen LogP contribution is -2.45. The maximum absolute atomic E-state index is 12.3. The second-order valence-corrected chi connectivity index (χ2v) is 7.27. The second-order valence-electron chi connectivity index (χ2n) is 7.27. The molecule has 3 rings (SSSR count). The van der Waals surface area contributed by atoms with Crippen molar-refractivity contribution in [3.05, 3.63) is 29.3 Å². The summed E-state index contributed by atoms with van der Waals surface area (Å²) < 4.78 is 0. The fourth-order valence-corrected chi connectivity index (χ4v) is 3.21. The lowest BCUT2D eigenvalue weighted by atomic mass is 10.0. The number of amides is 1. The van der Waals surface area contributed by atoms with E-state index in [0.29, 0.717) is 12.6 Å². The van der Waals surface area contributed by atoms with Crippen LogP contribution >= 0.6 is 0 Å². The van der Waals surface area contributed by atoms with E-state index in [2.05, 4.69) is 34.6 Å². The molecule has 4 heteroatoms. The van der Waals surface area contributed by atoms with Crippen molar-refractivity contribution in [1.82, 2.24) is 10.2 Å². The van der Waals surface area contributed by atoms with Gasteiger partial charge in [-0.2, -0.15) is 0 Å². The highest BCUT2D eigenvalue weighted by molar-refractivity contribution is 5.93. The van der Waals surface area contributed by atoms with E-state index in [4.69, 9.17) is 0 Å². The van der Waals surface area contributed by atoms with Crippen molar-refractivity contribution < 1.29 is 4.79 Å². The van der Waals surface area contributed by atoms with Crippen molar-refractivity contribution in [2.75, 3.05) is 31.5 Å². The molecule has 4 nitrogen and oxygen atoms in total. The zero-order valence-electron chi connectivity index (χ0n) is 14.4. The van der Waals surface area contributed by atoms with Gasteiger partial charge in [0.1, 0.15) is 0 Å². The third-order valence-electron chi connectivity index (χ3n) is 5.01. The minimum atomic E-state index is 0.100. The molecule has 0 aromatic heterocycles. The van der Waals surface area contributed by atoms with Crippen LogP contribution in [0.2, 0.25) is 0 Å². The highest BCUT2D eigenvalue weighted by atomic mass is 16.2. The molecule has 1 aromatic carbocycles. The predicted octanol–water partition coefficient (Wildman–Crippen LogP) is 2.71. The van der Waals surface area contributed by atoms with Gasteiger partial charge in [0, 0.05) is 24.8 Å². The van der Waals surface area contributed by atoms with E-state index in [-0.39, 0.29) is 5.91 Å². The Kier molecular flexibility index (Phi) is 5.34. The average Bonchev–Trinajstić information content (AvgIpc) is 3.34. The van der Waals surface area contributed by atoms with Crippen LogP contribution in [0.25, 0.3) is 0 Å². The van der Waals surface area contributed by atoms with Crippen LogP contribution < -0.4 is 10.6 Å². The standard InChI is InChI=1S/C19H29N3O/c1-14-3-4-15(2)18(11-14)21-19(23)13-22-9-7-17(8-10-22)20-12-16-5-6-16/h3-4,11,16-17,20H,5-10,12-13H2,1-2H3,(H,21,23). The number of nitrogens with zero attached hydrogens (tertiary/aromatic N) is 1. The molecule has 0 atom stereocenters. The fraction of sp³-hybridized carbons (Fsp3) is 0.632. The number of rotatable bonds is 6. The summed E-state index contributed by atoms with van der Waals surface area (Å²) in [6.45, 7) is 7.81. The summed E-state index contributed by atoms with van der Waals surface area (Å²) in [6, 6.07) is 6.82.